The quantitative estimate of drug-likeness (QED) is 0.667. The zero-order valence-electron chi connectivity index (χ0n) is 12.0. The predicted molar refractivity (Wildman–Crippen MR) is 85.2 cm³/mol. The topological polar surface area (TPSA) is 23.8 Å². The molecule has 2 rings (SSSR count). The molecule has 104 valence electrons. The summed E-state index contributed by atoms with van der Waals surface area (Å²) in [7, 11) is 0. The minimum absolute atomic E-state index is 0.119. The minimum atomic E-state index is -0.119. The first kappa shape index (κ1) is 15.1. The molecule has 1 aromatic rings. The maximum Gasteiger partial charge on any atom is 0.0693 e. The van der Waals surface area contributed by atoms with Crippen LogP contribution in [0, 0.1) is 28.1 Å². The summed E-state index contributed by atoms with van der Waals surface area (Å²) in [5, 5.41) is 11.8. The van der Waals surface area contributed by atoms with Crippen molar-refractivity contribution in [2.75, 3.05) is 0 Å². The third-order valence-electron chi connectivity index (χ3n) is 4.54. The second kappa shape index (κ2) is 5.58. The summed E-state index contributed by atoms with van der Waals surface area (Å²) in [6.07, 6.45) is 5.44. The van der Waals surface area contributed by atoms with Crippen molar-refractivity contribution in [1.29, 1.82) is 5.26 Å². The van der Waals surface area contributed by atoms with Crippen LogP contribution in [0.2, 0.25) is 0 Å². The summed E-state index contributed by atoms with van der Waals surface area (Å²) in [6, 6.07) is 4.80. The highest BCUT2D eigenvalue weighted by molar-refractivity contribution is 9.10. The Morgan fingerprint density at radius 3 is 2.47 bits per heavy atom. The number of hydrogen-bond donors (Lipinski definition) is 0. The zero-order valence-corrected chi connectivity index (χ0v) is 14.4. The molecule has 1 nitrogen and oxygen atoms in total. The molecule has 1 aliphatic carbocycles. The Balaban J connectivity index is 2.04. The first-order valence-corrected chi connectivity index (χ1v) is 8.66. The first-order valence-electron chi connectivity index (χ1n) is 6.99. The molecular weight excluding hydrogens is 318 g/mol. The Bertz CT molecular complexity index is 470. The fourth-order valence-electron chi connectivity index (χ4n) is 3.14. The van der Waals surface area contributed by atoms with Crippen LogP contribution in [0.3, 0.4) is 0 Å². The third-order valence-corrected chi connectivity index (χ3v) is 6.24. The Kier molecular flexibility index (Phi) is 4.42. The molecule has 0 saturated heterocycles. The average Bonchev–Trinajstić information content (AvgIpc) is 2.74. The van der Waals surface area contributed by atoms with Crippen molar-refractivity contribution in [3.8, 4) is 6.07 Å². The SMILES string of the molecule is CC(C)(C)C1CCC(C#N)(Cc2cc(Br)cs2)CC1. The van der Waals surface area contributed by atoms with Gasteiger partial charge in [0.25, 0.3) is 0 Å². The lowest BCUT2D eigenvalue weighted by molar-refractivity contribution is 0.121. The molecule has 1 aliphatic rings. The van der Waals surface area contributed by atoms with E-state index in [0.717, 1.165) is 29.7 Å². The Morgan fingerprint density at radius 1 is 1.42 bits per heavy atom. The van der Waals surface area contributed by atoms with Gasteiger partial charge in [-0.1, -0.05) is 20.8 Å². The van der Waals surface area contributed by atoms with Gasteiger partial charge in [-0.2, -0.15) is 5.26 Å². The molecule has 0 radical (unpaired) electrons. The van der Waals surface area contributed by atoms with Gasteiger partial charge in [0, 0.05) is 21.2 Å². The van der Waals surface area contributed by atoms with E-state index >= 15 is 0 Å². The molecule has 1 fully saturated rings. The van der Waals surface area contributed by atoms with E-state index in [0.29, 0.717) is 5.41 Å². The maximum absolute atomic E-state index is 9.64. The molecule has 0 bridgehead atoms. The molecule has 0 aliphatic heterocycles. The highest BCUT2D eigenvalue weighted by Gasteiger charge is 2.39. The summed E-state index contributed by atoms with van der Waals surface area (Å²) < 4.78 is 1.14. The number of nitrogens with zero attached hydrogens (tertiary/aromatic N) is 1. The fourth-order valence-corrected chi connectivity index (χ4v) is 4.74. The van der Waals surface area contributed by atoms with Crippen molar-refractivity contribution in [1.82, 2.24) is 0 Å². The van der Waals surface area contributed by atoms with Crippen molar-refractivity contribution >= 4 is 27.3 Å². The summed E-state index contributed by atoms with van der Waals surface area (Å²) >= 11 is 5.27. The van der Waals surface area contributed by atoms with Crippen LogP contribution in [-0.2, 0) is 6.42 Å². The monoisotopic (exact) mass is 339 g/mol. The second-order valence-electron chi connectivity index (χ2n) is 6.94. The van der Waals surface area contributed by atoms with Crippen LogP contribution in [0.5, 0.6) is 0 Å². The highest BCUT2D eigenvalue weighted by Crippen LogP contribution is 2.47. The van der Waals surface area contributed by atoms with Gasteiger partial charge in [0.2, 0.25) is 0 Å². The van der Waals surface area contributed by atoms with Gasteiger partial charge in [-0.3, -0.25) is 0 Å². The maximum atomic E-state index is 9.64. The molecule has 0 spiro atoms. The van der Waals surface area contributed by atoms with Gasteiger partial charge in [0.05, 0.1) is 11.5 Å². The Morgan fingerprint density at radius 2 is 2.05 bits per heavy atom. The number of hydrogen-bond acceptors (Lipinski definition) is 2. The third kappa shape index (κ3) is 3.61. The largest absolute Gasteiger partial charge is 0.198 e. The van der Waals surface area contributed by atoms with Crippen molar-refractivity contribution in [2.24, 2.45) is 16.7 Å². The fraction of sp³-hybridized carbons (Fsp3) is 0.688. The minimum Gasteiger partial charge on any atom is -0.198 e. The lowest BCUT2D eigenvalue weighted by atomic mass is 9.63. The molecule has 3 heteroatoms. The van der Waals surface area contributed by atoms with E-state index in [1.54, 1.807) is 11.3 Å². The lowest BCUT2D eigenvalue weighted by Crippen LogP contribution is -2.33. The van der Waals surface area contributed by atoms with Crippen molar-refractivity contribution in [3.05, 3.63) is 20.8 Å². The van der Waals surface area contributed by atoms with Crippen LogP contribution in [-0.4, -0.2) is 0 Å². The number of halogens is 1. The predicted octanol–water partition coefficient (Wildman–Crippen LogP) is 5.80. The Hall–Kier alpha value is -0.330. The lowest BCUT2D eigenvalue weighted by Gasteiger charge is -2.40. The standard InChI is InChI=1S/C16H22BrNS/c1-15(2,3)12-4-6-16(11-18,7-5-12)9-14-8-13(17)10-19-14/h8,10,12H,4-7,9H2,1-3H3. The van der Waals surface area contributed by atoms with E-state index in [1.165, 1.54) is 17.7 Å². The van der Waals surface area contributed by atoms with Crippen LogP contribution in [0.25, 0.3) is 0 Å². The van der Waals surface area contributed by atoms with E-state index in [1.807, 2.05) is 0 Å². The van der Waals surface area contributed by atoms with Crippen LogP contribution in [0.15, 0.2) is 15.9 Å². The van der Waals surface area contributed by atoms with Crippen LogP contribution in [0.1, 0.15) is 51.3 Å². The molecule has 0 aromatic carbocycles. The highest BCUT2D eigenvalue weighted by atomic mass is 79.9. The molecule has 0 atom stereocenters. The van der Waals surface area contributed by atoms with Crippen LogP contribution >= 0.6 is 27.3 Å². The van der Waals surface area contributed by atoms with Gasteiger partial charge < -0.3 is 0 Å². The Labute approximate surface area is 129 Å². The molecule has 1 heterocycles. The van der Waals surface area contributed by atoms with E-state index in [2.05, 4.69) is 54.2 Å². The van der Waals surface area contributed by atoms with Gasteiger partial charge >= 0.3 is 0 Å². The zero-order chi connectivity index (χ0) is 14.1. The van der Waals surface area contributed by atoms with Crippen molar-refractivity contribution < 1.29 is 0 Å². The van der Waals surface area contributed by atoms with E-state index in [9.17, 15) is 5.26 Å². The number of nitriles is 1. The van der Waals surface area contributed by atoms with Crippen LogP contribution < -0.4 is 0 Å². The van der Waals surface area contributed by atoms with Gasteiger partial charge in [-0.05, 0) is 59.0 Å². The second-order valence-corrected chi connectivity index (χ2v) is 8.85. The van der Waals surface area contributed by atoms with E-state index < -0.39 is 0 Å². The molecule has 0 N–H and O–H groups in total. The molecule has 0 amide bonds. The van der Waals surface area contributed by atoms with Crippen molar-refractivity contribution in [3.63, 3.8) is 0 Å². The normalized spacial score (nSPS) is 28.1. The summed E-state index contributed by atoms with van der Waals surface area (Å²) in [4.78, 5) is 1.34. The van der Waals surface area contributed by atoms with Gasteiger partial charge in [0.15, 0.2) is 0 Å². The van der Waals surface area contributed by atoms with Gasteiger partial charge in [-0.15, -0.1) is 11.3 Å². The number of rotatable bonds is 2. The summed E-state index contributed by atoms with van der Waals surface area (Å²) in [6.45, 7) is 6.98. The van der Waals surface area contributed by atoms with E-state index in [-0.39, 0.29) is 5.41 Å². The molecular formula is C16H22BrNS. The van der Waals surface area contributed by atoms with Crippen molar-refractivity contribution in [2.45, 2.75) is 52.9 Å². The first-order chi connectivity index (χ1) is 8.85. The molecule has 0 unspecified atom stereocenters. The molecule has 19 heavy (non-hydrogen) atoms. The molecule has 1 saturated carbocycles. The van der Waals surface area contributed by atoms with Gasteiger partial charge in [0.1, 0.15) is 0 Å². The summed E-state index contributed by atoms with van der Waals surface area (Å²) in [5.74, 6) is 0.768. The molecule has 1 aromatic heterocycles. The summed E-state index contributed by atoms with van der Waals surface area (Å²) in [5.41, 5.74) is 0.264. The smallest absolute Gasteiger partial charge is 0.0693 e. The van der Waals surface area contributed by atoms with E-state index in [4.69, 9.17) is 0 Å². The number of thiophene rings is 1. The average molecular weight is 340 g/mol. The van der Waals surface area contributed by atoms with Gasteiger partial charge in [-0.25, -0.2) is 0 Å². The van der Waals surface area contributed by atoms with Crippen LogP contribution in [0.4, 0.5) is 0 Å².